The fourth-order valence-electron chi connectivity index (χ4n) is 14.0. The first-order chi connectivity index (χ1) is 51.1. The summed E-state index contributed by atoms with van der Waals surface area (Å²) in [5.41, 5.74) is 11.6. The van der Waals surface area contributed by atoms with Gasteiger partial charge in [0.05, 0.1) is 25.0 Å². The number of carboxylic acids is 3. The molecule has 107 heavy (non-hydrogen) atoms. The summed E-state index contributed by atoms with van der Waals surface area (Å²) in [4.78, 5) is 154. The second-order valence-corrected chi connectivity index (χ2v) is 30.2. The minimum Gasteiger partial charge on any atom is -0.481 e. The number of carbonyl (C=O) groups is 11. The summed E-state index contributed by atoms with van der Waals surface area (Å²) >= 11 is 0. The van der Waals surface area contributed by atoms with Crippen molar-refractivity contribution >= 4 is 131 Å². The van der Waals surface area contributed by atoms with E-state index in [1.54, 1.807) is 24.3 Å². The van der Waals surface area contributed by atoms with Gasteiger partial charge in [0.1, 0.15) is 48.7 Å². The average molecular weight is 1500 g/mol. The molecule has 4 aliphatic heterocycles. The van der Waals surface area contributed by atoms with Crippen molar-refractivity contribution in [2.45, 2.75) is 139 Å². The van der Waals surface area contributed by atoms with Gasteiger partial charge in [-0.1, -0.05) is 150 Å². The van der Waals surface area contributed by atoms with Crippen LogP contribution in [0.3, 0.4) is 0 Å². The van der Waals surface area contributed by atoms with Crippen LogP contribution in [0, 0.1) is 12.3 Å². The Labute approximate surface area is 626 Å². The quantitative estimate of drug-likeness (QED) is 0.0108. The van der Waals surface area contributed by atoms with E-state index in [1.807, 2.05) is 98.0 Å². The van der Waals surface area contributed by atoms with Crippen LogP contribution in [0.25, 0.3) is 21.5 Å². The van der Waals surface area contributed by atoms with Gasteiger partial charge in [-0.05, 0) is 97.3 Å². The van der Waals surface area contributed by atoms with Gasteiger partial charge in [0.25, 0.3) is 0 Å². The summed E-state index contributed by atoms with van der Waals surface area (Å²) in [5, 5.41) is 72.6. The van der Waals surface area contributed by atoms with Gasteiger partial charge in [0, 0.05) is 78.5 Å². The Morgan fingerprint density at radius 2 is 1.38 bits per heavy atom. The van der Waals surface area contributed by atoms with E-state index in [0.29, 0.717) is 5.56 Å². The highest BCUT2D eigenvalue weighted by molar-refractivity contribution is 8.76. The maximum Gasteiger partial charge on any atom is 0.326 e. The topological polar surface area (TPSA) is 424 Å². The van der Waals surface area contributed by atoms with Crippen LogP contribution in [-0.4, -0.2) is 200 Å². The lowest BCUT2D eigenvalue weighted by Crippen LogP contribution is -2.60. The zero-order chi connectivity index (χ0) is 77.3. The Hall–Kier alpha value is -10.8. The molecule has 566 valence electrons. The Kier molecular flexibility index (Phi) is 27.3. The summed E-state index contributed by atoms with van der Waals surface area (Å²) in [5.74, 6) is -12.3. The Morgan fingerprint density at radius 1 is 0.729 bits per heavy atom. The fourth-order valence-corrected chi connectivity index (χ4v) is 16.3. The molecule has 0 aliphatic carbocycles. The first-order valence-electron chi connectivity index (χ1n) is 35.3. The summed E-state index contributed by atoms with van der Waals surface area (Å²) < 4.78 is 2.08. The predicted octanol–water partition coefficient (Wildman–Crippen LogP) is 4.36. The molecule has 5 aromatic rings. The number of hydrogen-bond acceptors (Lipinski definition) is 16. The van der Waals surface area contributed by atoms with Crippen molar-refractivity contribution < 1.29 is 77.7 Å². The second-order valence-electron chi connectivity index (χ2n) is 27.6. The number of carbonyl (C=O) groups excluding carboxylic acids is 8. The molecule has 4 aliphatic rings. The number of amides is 8. The molecule has 9 rings (SSSR count). The maximum absolute atomic E-state index is 14.6. The molecule has 2 saturated heterocycles. The van der Waals surface area contributed by atoms with E-state index in [0.717, 1.165) is 87.5 Å². The zero-order valence-electron chi connectivity index (χ0n) is 60.1. The third kappa shape index (κ3) is 20.2. The number of guanidine groups is 1. The molecular weight excluding hydrogens is 1410 g/mol. The Bertz CT molecular complexity index is 4420. The van der Waals surface area contributed by atoms with Gasteiger partial charge in [-0.25, -0.2) is 4.79 Å². The first kappa shape index (κ1) is 80.3. The van der Waals surface area contributed by atoms with Crippen LogP contribution in [0.1, 0.15) is 94.9 Å². The van der Waals surface area contributed by atoms with Crippen LogP contribution in [0.15, 0.2) is 145 Å². The lowest BCUT2D eigenvalue weighted by molar-refractivity contribution is -0.436. The highest BCUT2D eigenvalue weighted by Gasteiger charge is 2.47. The van der Waals surface area contributed by atoms with E-state index in [9.17, 15) is 73.2 Å². The highest BCUT2D eigenvalue weighted by atomic mass is 33.1. The van der Waals surface area contributed by atoms with Crippen LogP contribution >= 0.6 is 21.6 Å². The molecule has 0 bridgehead atoms. The number of allylic oxidation sites excluding steroid dienone is 8. The largest absolute Gasteiger partial charge is 0.481 e. The van der Waals surface area contributed by atoms with Crippen LogP contribution < -0.4 is 53.2 Å². The van der Waals surface area contributed by atoms with Gasteiger partial charge in [0.2, 0.25) is 52.9 Å². The van der Waals surface area contributed by atoms with Crippen LogP contribution in [0.5, 0.6) is 0 Å². The summed E-state index contributed by atoms with van der Waals surface area (Å²) in [6.07, 6.45) is 12.2. The number of carboxylic acid groups (broad SMARTS) is 3. The number of nitrogens with two attached hydrogens (primary N) is 1. The molecule has 30 heteroatoms. The molecule has 15 N–H and O–H groups in total. The molecule has 4 heterocycles. The number of rotatable bonds is 23. The fraction of sp³-hybridized carbons (Fsp3) is 0.390. The molecule has 0 radical (unpaired) electrons. The van der Waals surface area contributed by atoms with Crippen molar-refractivity contribution in [2.75, 3.05) is 55.7 Å². The standard InChI is InChI=1S/C77H91N13O15S2/c1-45-25-27-46(28-26-45)39-53(74(104)105)85-71(101)56-44-107-106-43-55(68(98)81-41-63(93)82-51(21-15-35-80-75(78)79)69(99)84-52(40-65(96)97)70(100)86-54(42-91)73(103)90-36-16-22-59(90)72(102)87-56)83-62(92)33-37-88-57-31-29-47-17-11-13-19-49(47)66(57)76(2,3)60(88)23-9-7-6-8-10-24-61-77(4,5)67-50-20-14-12-18-48(50)30-32-58(67)89(61)38-34-64(94)95/h6-14,17-20,23-32,51-56,59,91H,15-16,21-22,33-44H2,1-5H3,(H13-,78,79,80,81,82,83,84,85,86,87,92,93,94,95,96,97,98,99,100,101,102,104,105)/p+1/t51-,52-,53?,54-,55+,56-,59?/m0/s1. The van der Waals surface area contributed by atoms with Gasteiger partial charge in [-0.15, -0.1) is 0 Å². The number of aryl methyl sites for hydroxylation is 1. The molecule has 8 amide bonds. The number of aliphatic hydroxyl groups is 1. The van der Waals surface area contributed by atoms with E-state index in [4.69, 9.17) is 11.1 Å². The van der Waals surface area contributed by atoms with Crippen molar-refractivity contribution in [1.29, 1.82) is 5.41 Å². The lowest BCUT2D eigenvalue weighted by Gasteiger charge is -2.30. The van der Waals surface area contributed by atoms with Crippen LogP contribution in [0.2, 0.25) is 0 Å². The number of fused-ring (bicyclic) bond motifs is 7. The number of anilines is 1. The smallest absolute Gasteiger partial charge is 0.326 e. The van der Waals surface area contributed by atoms with Gasteiger partial charge < -0.3 is 78.5 Å². The number of nitrogens with zero attached hydrogens (tertiary/aromatic N) is 3. The van der Waals surface area contributed by atoms with E-state index >= 15 is 0 Å². The zero-order valence-corrected chi connectivity index (χ0v) is 61.8. The van der Waals surface area contributed by atoms with Crippen LogP contribution in [0.4, 0.5) is 11.4 Å². The van der Waals surface area contributed by atoms with E-state index in [2.05, 4.69) is 104 Å². The molecule has 7 atom stereocenters. The summed E-state index contributed by atoms with van der Waals surface area (Å²) in [6, 6.07) is 20.3. The van der Waals surface area contributed by atoms with Gasteiger partial charge >= 0.3 is 17.9 Å². The van der Waals surface area contributed by atoms with Crippen LogP contribution in [-0.2, 0) is 70.0 Å². The summed E-state index contributed by atoms with van der Waals surface area (Å²) in [7, 11) is 1.97. The van der Waals surface area contributed by atoms with Gasteiger partial charge in [0.15, 0.2) is 18.2 Å². The van der Waals surface area contributed by atoms with Crippen molar-refractivity contribution in [3.05, 3.63) is 168 Å². The number of hydrogen-bond donors (Lipinski definition) is 14. The molecule has 2 unspecified atom stereocenters. The van der Waals surface area contributed by atoms with Gasteiger partial charge in [-0.2, -0.15) is 4.58 Å². The van der Waals surface area contributed by atoms with Crippen molar-refractivity contribution in [3.63, 3.8) is 0 Å². The average Bonchev–Trinajstić information content (AvgIpc) is 1.58. The predicted molar refractivity (Wildman–Crippen MR) is 409 cm³/mol. The second kappa shape index (κ2) is 36.4. The highest BCUT2D eigenvalue weighted by Crippen LogP contribution is 2.51. The lowest BCUT2D eigenvalue weighted by atomic mass is 9.79. The number of aliphatic carboxylic acids is 3. The third-order valence-corrected chi connectivity index (χ3v) is 21.7. The van der Waals surface area contributed by atoms with Crippen molar-refractivity contribution in [3.8, 4) is 0 Å². The monoisotopic (exact) mass is 1500 g/mol. The minimum atomic E-state index is -1.92. The first-order valence-corrected chi connectivity index (χ1v) is 37.8. The third-order valence-electron chi connectivity index (χ3n) is 19.3. The van der Waals surface area contributed by atoms with E-state index < -0.39 is 144 Å². The van der Waals surface area contributed by atoms with Crippen molar-refractivity contribution in [2.24, 2.45) is 5.73 Å². The maximum atomic E-state index is 14.6. The van der Waals surface area contributed by atoms with E-state index in [1.165, 1.54) is 0 Å². The molecule has 28 nitrogen and oxygen atoms in total. The van der Waals surface area contributed by atoms with Gasteiger partial charge in [-0.3, -0.25) is 53.4 Å². The van der Waals surface area contributed by atoms with Crippen molar-refractivity contribution in [1.82, 2.24) is 47.4 Å². The number of aliphatic hydroxyl groups excluding tert-OH is 1. The SMILES string of the molecule is Cc1ccc(CC(NC(=O)[C@@H]2CSSC[C@@H](NC(=O)CCN3/C(=C/C=C/C=C/C=C/C4=[N+](CCC(=O)O)c5ccc6ccccc6c5C4(C)C)C(C)(C)c4c3ccc3ccccc43)C(=O)NCC(=O)N[C@@H](CCCNC(=N)N)C(=O)N[C@@H](CC(=O)O)C(=O)N[C@@H](CO)C(=O)N3CCCC3C(=O)N2)C(=O)O)cc1. The van der Waals surface area contributed by atoms with E-state index in [-0.39, 0.29) is 82.6 Å². The molecule has 0 saturated carbocycles. The Morgan fingerprint density at radius 3 is 2.07 bits per heavy atom. The Balaban J connectivity index is 0.986. The molecule has 0 aromatic heterocycles. The molecule has 2 fully saturated rings. The molecule has 0 spiro atoms. The minimum absolute atomic E-state index is 0.0258. The number of nitrogens with one attached hydrogen (secondary N) is 9. The summed E-state index contributed by atoms with van der Waals surface area (Å²) in [6.45, 7) is 8.82. The normalized spacial score (nSPS) is 21.7. The molecular formula is C77H92N13O15S2+. The molecule has 5 aromatic carbocycles. The number of benzene rings is 5.